The third-order valence-corrected chi connectivity index (χ3v) is 4.37. The van der Waals surface area contributed by atoms with Crippen LogP contribution in [0.25, 0.3) is 0 Å². The van der Waals surface area contributed by atoms with Crippen LogP contribution in [0.4, 0.5) is 0 Å². The van der Waals surface area contributed by atoms with Crippen molar-refractivity contribution in [3.8, 4) is 0 Å². The number of furan rings is 1. The fraction of sp³-hybridized carbons (Fsp3) is 0.583. The topological polar surface area (TPSA) is 106 Å². The zero-order valence-electron chi connectivity index (χ0n) is 11.9. The molecule has 0 bridgehead atoms. The third-order valence-electron chi connectivity index (χ3n) is 2.80. The second-order valence-electron chi connectivity index (χ2n) is 4.55. The second kappa shape index (κ2) is 6.38. The maximum atomic E-state index is 12.3. The van der Waals surface area contributed by atoms with Gasteiger partial charge in [-0.3, -0.25) is 0 Å². The number of carbonyl (C=O) groups is 1. The van der Waals surface area contributed by atoms with Crippen molar-refractivity contribution >= 4 is 16.0 Å². The zero-order chi connectivity index (χ0) is 15.5. The Balaban J connectivity index is 3.21. The van der Waals surface area contributed by atoms with Gasteiger partial charge in [-0.05, 0) is 19.8 Å². The van der Waals surface area contributed by atoms with Crippen molar-refractivity contribution in [1.29, 1.82) is 0 Å². The number of sulfonamides is 1. The van der Waals surface area contributed by atoms with Crippen LogP contribution in [0.1, 0.15) is 28.8 Å². The Kier molecular flexibility index (Phi) is 5.32. The molecule has 8 heteroatoms. The molecule has 2 N–H and O–H groups in total. The van der Waals surface area contributed by atoms with Gasteiger partial charge in [0, 0.05) is 13.2 Å². The Morgan fingerprint density at radius 1 is 1.40 bits per heavy atom. The highest BCUT2D eigenvalue weighted by atomic mass is 32.2. The molecule has 7 nitrogen and oxygen atoms in total. The summed E-state index contributed by atoms with van der Waals surface area (Å²) in [5.41, 5.74) is -0.103. The van der Waals surface area contributed by atoms with E-state index in [1.165, 1.54) is 21.0 Å². The molecule has 1 aromatic heterocycles. The smallest absolute Gasteiger partial charge is 0.342 e. The number of carbonyl (C=O) groups excluding carboxylic acids is 1. The van der Waals surface area contributed by atoms with Crippen LogP contribution in [0.3, 0.4) is 0 Å². The second-order valence-corrected chi connectivity index (χ2v) is 6.25. The van der Waals surface area contributed by atoms with Crippen LogP contribution in [0.2, 0.25) is 0 Å². The summed E-state index contributed by atoms with van der Waals surface area (Å²) >= 11 is 0. The molecule has 1 atom stereocenters. The molecule has 1 unspecified atom stereocenters. The van der Waals surface area contributed by atoms with Gasteiger partial charge >= 0.3 is 5.97 Å². The molecule has 0 fully saturated rings. The first-order valence-electron chi connectivity index (χ1n) is 6.03. The lowest BCUT2D eigenvalue weighted by Gasteiger charge is -2.10. The van der Waals surface area contributed by atoms with Crippen molar-refractivity contribution < 1.29 is 27.5 Å². The highest BCUT2D eigenvalue weighted by Gasteiger charge is 2.31. The van der Waals surface area contributed by atoms with E-state index in [9.17, 15) is 13.2 Å². The minimum atomic E-state index is -3.92. The molecule has 0 amide bonds. The first-order chi connectivity index (χ1) is 9.24. The summed E-state index contributed by atoms with van der Waals surface area (Å²) in [6, 6.07) is 0. The van der Waals surface area contributed by atoms with E-state index in [0.717, 1.165) is 0 Å². The molecule has 0 aromatic carbocycles. The monoisotopic (exact) mass is 305 g/mol. The number of methoxy groups -OCH3 is 1. The van der Waals surface area contributed by atoms with Gasteiger partial charge < -0.3 is 14.3 Å². The van der Waals surface area contributed by atoms with E-state index < -0.39 is 16.0 Å². The predicted molar refractivity (Wildman–Crippen MR) is 71.0 cm³/mol. The largest absolute Gasteiger partial charge is 0.465 e. The van der Waals surface area contributed by atoms with E-state index >= 15 is 0 Å². The van der Waals surface area contributed by atoms with E-state index in [4.69, 9.17) is 9.52 Å². The number of aryl methyl sites for hydroxylation is 2. The van der Waals surface area contributed by atoms with Gasteiger partial charge in [0.15, 0.2) is 0 Å². The Morgan fingerprint density at radius 3 is 2.50 bits per heavy atom. The molecular weight excluding hydrogens is 286 g/mol. The van der Waals surface area contributed by atoms with Crippen LogP contribution in [0, 0.1) is 19.8 Å². The Morgan fingerprint density at radius 2 is 2.00 bits per heavy atom. The number of esters is 1. The molecule has 0 aliphatic carbocycles. The molecule has 0 radical (unpaired) electrons. The molecule has 1 aromatic rings. The van der Waals surface area contributed by atoms with E-state index in [1.54, 1.807) is 6.92 Å². The van der Waals surface area contributed by atoms with Gasteiger partial charge in [-0.2, -0.15) is 0 Å². The van der Waals surface area contributed by atoms with Gasteiger partial charge in [0.2, 0.25) is 10.0 Å². The minimum absolute atomic E-state index is 0.0586. The number of ether oxygens (including phenoxy) is 1. The maximum absolute atomic E-state index is 12.3. The summed E-state index contributed by atoms with van der Waals surface area (Å²) in [6.45, 7) is 4.56. The van der Waals surface area contributed by atoms with Crippen LogP contribution in [-0.4, -0.2) is 39.8 Å². The number of nitrogens with one attached hydrogen (secondary N) is 1. The van der Waals surface area contributed by atoms with E-state index in [2.05, 4.69) is 9.46 Å². The molecule has 0 aliphatic heterocycles. The molecule has 20 heavy (non-hydrogen) atoms. The minimum Gasteiger partial charge on any atom is -0.465 e. The highest BCUT2D eigenvalue weighted by molar-refractivity contribution is 7.89. The molecular formula is C12H19NO6S. The first kappa shape index (κ1) is 16.7. The average molecular weight is 305 g/mol. The van der Waals surface area contributed by atoms with E-state index in [0.29, 0.717) is 0 Å². The summed E-state index contributed by atoms with van der Waals surface area (Å²) in [4.78, 5) is 11.5. The van der Waals surface area contributed by atoms with Gasteiger partial charge in [0.1, 0.15) is 22.0 Å². The van der Waals surface area contributed by atoms with Gasteiger partial charge in [-0.15, -0.1) is 0 Å². The van der Waals surface area contributed by atoms with Crippen molar-refractivity contribution in [2.45, 2.75) is 25.7 Å². The lowest BCUT2D eigenvalue weighted by molar-refractivity contribution is 0.0595. The maximum Gasteiger partial charge on any atom is 0.342 e. The number of aliphatic hydroxyl groups excluding tert-OH is 1. The van der Waals surface area contributed by atoms with Crippen LogP contribution >= 0.6 is 0 Å². The summed E-state index contributed by atoms with van der Waals surface area (Å²) < 4.78 is 36.7. The van der Waals surface area contributed by atoms with Crippen molar-refractivity contribution in [2.24, 2.45) is 5.92 Å². The van der Waals surface area contributed by atoms with Crippen LogP contribution < -0.4 is 4.72 Å². The average Bonchev–Trinajstić information content (AvgIpc) is 2.70. The van der Waals surface area contributed by atoms with Crippen molar-refractivity contribution in [2.75, 3.05) is 20.3 Å². The third kappa shape index (κ3) is 3.38. The fourth-order valence-electron chi connectivity index (χ4n) is 1.71. The van der Waals surface area contributed by atoms with Crippen LogP contribution in [0.5, 0.6) is 0 Å². The van der Waals surface area contributed by atoms with Gasteiger partial charge in [-0.1, -0.05) is 6.92 Å². The normalized spacial score (nSPS) is 13.2. The number of hydrogen-bond donors (Lipinski definition) is 2. The Bertz CT molecular complexity index is 589. The van der Waals surface area contributed by atoms with Gasteiger partial charge in [0.05, 0.1) is 7.11 Å². The summed E-state index contributed by atoms with van der Waals surface area (Å²) in [7, 11) is -2.75. The first-order valence-corrected chi connectivity index (χ1v) is 7.51. The van der Waals surface area contributed by atoms with Crippen LogP contribution in [0.15, 0.2) is 9.31 Å². The quantitative estimate of drug-likeness (QED) is 0.745. The number of rotatable bonds is 6. The number of aliphatic hydroxyl groups is 1. The Hall–Kier alpha value is -1.38. The zero-order valence-corrected chi connectivity index (χ0v) is 12.7. The van der Waals surface area contributed by atoms with E-state index in [1.807, 2.05) is 0 Å². The standard InChI is InChI=1S/C12H19NO6S/c1-7(6-14)5-13-20(16,17)11-9(3)19-8(2)10(11)12(15)18-4/h7,13-14H,5-6H2,1-4H3. The highest BCUT2D eigenvalue weighted by Crippen LogP contribution is 2.27. The van der Waals surface area contributed by atoms with E-state index in [-0.39, 0.29) is 41.0 Å². The van der Waals surface area contributed by atoms with Crippen molar-refractivity contribution in [3.63, 3.8) is 0 Å². The molecule has 0 spiro atoms. The van der Waals surface area contributed by atoms with Crippen molar-refractivity contribution in [3.05, 3.63) is 17.1 Å². The lowest BCUT2D eigenvalue weighted by Crippen LogP contribution is -2.31. The molecule has 0 aliphatic rings. The Labute approximate surface area is 118 Å². The SMILES string of the molecule is COC(=O)c1c(C)oc(C)c1S(=O)(=O)NCC(C)CO. The van der Waals surface area contributed by atoms with Crippen molar-refractivity contribution in [1.82, 2.24) is 4.72 Å². The van der Waals surface area contributed by atoms with Gasteiger partial charge in [0.25, 0.3) is 0 Å². The molecule has 0 saturated heterocycles. The number of hydrogen-bond acceptors (Lipinski definition) is 6. The molecule has 1 rings (SSSR count). The van der Waals surface area contributed by atoms with Crippen LogP contribution in [-0.2, 0) is 14.8 Å². The molecule has 114 valence electrons. The van der Waals surface area contributed by atoms with Gasteiger partial charge in [-0.25, -0.2) is 17.9 Å². The predicted octanol–water partition coefficient (Wildman–Crippen LogP) is 0.590. The fourth-order valence-corrected chi connectivity index (χ4v) is 3.28. The summed E-state index contributed by atoms with van der Waals surface area (Å²) in [5.74, 6) is -0.702. The molecule has 0 saturated carbocycles. The summed E-state index contributed by atoms with van der Waals surface area (Å²) in [6.07, 6.45) is 0. The summed E-state index contributed by atoms with van der Waals surface area (Å²) in [5, 5.41) is 8.91. The molecule has 1 heterocycles. The lowest BCUT2D eigenvalue weighted by atomic mass is 10.2.